The summed E-state index contributed by atoms with van der Waals surface area (Å²) in [7, 11) is 0. The molecule has 0 saturated carbocycles. The number of unbranched alkanes of at least 4 members (excludes halogenated alkanes) is 30. The molecule has 0 aromatic carbocycles. The molecule has 0 fully saturated rings. The van der Waals surface area contributed by atoms with E-state index in [1.165, 1.54) is 193 Å². The van der Waals surface area contributed by atoms with Crippen LogP contribution in [0.5, 0.6) is 0 Å². The Morgan fingerprint density at radius 2 is 0.487 bits per heavy atom. The Bertz CT molecular complexity index is 423. The third-order valence-electron chi connectivity index (χ3n) is 8.30. The Balaban J connectivity index is 3.14. The van der Waals surface area contributed by atoms with Gasteiger partial charge in [-0.05, 0) is 37.8 Å². The van der Waals surface area contributed by atoms with E-state index in [4.69, 9.17) is 4.74 Å². The Hall–Kier alpha value is -0.720. The first kappa shape index (κ1) is 38.3. The first-order valence-electron chi connectivity index (χ1n) is 18.4. The van der Waals surface area contributed by atoms with E-state index >= 15 is 0 Å². The van der Waals surface area contributed by atoms with Gasteiger partial charge in [-0.3, -0.25) is 0 Å². The van der Waals surface area contributed by atoms with Crippen molar-refractivity contribution in [3.63, 3.8) is 0 Å². The van der Waals surface area contributed by atoms with Gasteiger partial charge in [-0.2, -0.15) is 0 Å². The number of ether oxygens (including phenoxy) is 1. The van der Waals surface area contributed by atoms with Crippen LogP contribution in [-0.2, 0) is 4.74 Å². The minimum absolute atomic E-state index is 1.16. The van der Waals surface area contributed by atoms with Gasteiger partial charge in [0.15, 0.2) is 0 Å². The first-order valence-corrected chi connectivity index (χ1v) is 18.4. The number of rotatable bonds is 34. The summed E-state index contributed by atoms with van der Waals surface area (Å²) in [4.78, 5) is 0. The van der Waals surface area contributed by atoms with Gasteiger partial charge >= 0.3 is 0 Å². The molecule has 0 rings (SSSR count). The van der Waals surface area contributed by atoms with Crippen LogP contribution in [0.2, 0.25) is 0 Å². The maximum atomic E-state index is 5.52. The summed E-state index contributed by atoms with van der Waals surface area (Å²) in [6, 6.07) is 0. The zero-order chi connectivity index (χ0) is 28.2. The minimum atomic E-state index is 1.16. The lowest BCUT2D eigenvalue weighted by Crippen LogP contribution is -1.83. The van der Waals surface area contributed by atoms with Gasteiger partial charge in [0.25, 0.3) is 0 Å². The van der Waals surface area contributed by atoms with E-state index in [1.54, 1.807) is 0 Å². The van der Waals surface area contributed by atoms with E-state index in [1.807, 2.05) is 12.5 Å². The van der Waals surface area contributed by atoms with E-state index in [0.717, 1.165) is 12.8 Å². The zero-order valence-corrected chi connectivity index (χ0v) is 27.3. The quantitative estimate of drug-likeness (QED) is 0.0576. The third kappa shape index (κ3) is 37.3. The number of hydrogen-bond acceptors (Lipinski definition) is 1. The van der Waals surface area contributed by atoms with Gasteiger partial charge in [0.1, 0.15) is 0 Å². The van der Waals surface area contributed by atoms with Crippen molar-refractivity contribution in [2.24, 2.45) is 0 Å². The van der Waals surface area contributed by atoms with Gasteiger partial charge in [-0.25, -0.2) is 0 Å². The molecule has 0 aromatic rings. The second-order valence-electron chi connectivity index (χ2n) is 12.4. The van der Waals surface area contributed by atoms with Gasteiger partial charge in [0, 0.05) is 0 Å². The maximum absolute atomic E-state index is 5.52. The standard InChI is InChI=1S/C38H74O/c1-3-5-7-9-11-13-15-17-19-21-23-25-27-29-31-33-35-37-39-38-36-34-32-30-28-26-24-22-20-18-16-14-12-10-8-6-4-2/h35-38H,3-34H2,1-2H3. The molecule has 1 nitrogen and oxygen atoms in total. The first-order chi connectivity index (χ1) is 19.4. The van der Waals surface area contributed by atoms with Crippen LogP contribution < -0.4 is 0 Å². The predicted molar refractivity (Wildman–Crippen MR) is 178 cm³/mol. The molecule has 232 valence electrons. The van der Waals surface area contributed by atoms with Gasteiger partial charge in [0.05, 0.1) is 12.5 Å². The minimum Gasteiger partial charge on any atom is -0.473 e. The molecule has 39 heavy (non-hydrogen) atoms. The fourth-order valence-electron chi connectivity index (χ4n) is 5.56. The largest absolute Gasteiger partial charge is 0.473 e. The van der Waals surface area contributed by atoms with Gasteiger partial charge in [-0.15, -0.1) is 0 Å². The highest BCUT2D eigenvalue weighted by atomic mass is 16.5. The Labute approximate surface area is 248 Å². The van der Waals surface area contributed by atoms with Crippen molar-refractivity contribution in [2.45, 2.75) is 219 Å². The monoisotopic (exact) mass is 547 g/mol. The molecule has 1 heteroatoms. The summed E-state index contributed by atoms with van der Waals surface area (Å²) >= 11 is 0. The van der Waals surface area contributed by atoms with Crippen molar-refractivity contribution < 1.29 is 4.74 Å². The van der Waals surface area contributed by atoms with Gasteiger partial charge in [0.2, 0.25) is 0 Å². The fraction of sp³-hybridized carbons (Fsp3) is 0.895. The number of hydrogen-bond donors (Lipinski definition) is 0. The summed E-state index contributed by atoms with van der Waals surface area (Å²) in [5, 5.41) is 0. The fourth-order valence-corrected chi connectivity index (χ4v) is 5.56. The lowest BCUT2D eigenvalue weighted by molar-refractivity contribution is 0.397. The molecule has 0 aromatic heterocycles. The average molecular weight is 547 g/mol. The lowest BCUT2D eigenvalue weighted by Gasteiger charge is -2.03. The van der Waals surface area contributed by atoms with E-state index in [-0.39, 0.29) is 0 Å². The summed E-state index contributed by atoms with van der Waals surface area (Å²) in [5.74, 6) is 0. The van der Waals surface area contributed by atoms with Crippen molar-refractivity contribution in [3.05, 3.63) is 24.7 Å². The molecular formula is C38H74O. The molecule has 0 radical (unpaired) electrons. The lowest BCUT2D eigenvalue weighted by atomic mass is 10.0. The van der Waals surface area contributed by atoms with E-state index < -0.39 is 0 Å². The van der Waals surface area contributed by atoms with Gasteiger partial charge in [-0.1, -0.05) is 194 Å². The molecule has 0 aliphatic carbocycles. The van der Waals surface area contributed by atoms with Crippen molar-refractivity contribution in [1.29, 1.82) is 0 Å². The Morgan fingerprint density at radius 3 is 0.718 bits per heavy atom. The number of allylic oxidation sites excluding steroid dienone is 2. The molecule has 0 unspecified atom stereocenters. The molecule has 0 spiro atoms. The molecule has 0 amide bonds. The van der Waals surface area contributed by atoms with Crippen molar-refractivity contribution in [2.75, 3.05) is 0 Å². The molecule has 0 bridgehead atoms. The summed E-state index contributed by atoms with van der Waals surface area (Å²) in [6.45, 7) is 4.60. The Morgan fingerprint density at radius 1 is 0.282 bits per heavy atom. The van der Waals surface area contributed by atoms with Crippen LogP contribution >= 0.6 is 0 Å². The van der Waals surface area contributed by atoms with Crippen LogP contribution in [0.15, 0.2) is 24.7 Å². The van der Waals surface area contributed by atoms with Gasteiger partial charge < -0.3 is 4.74 Å². The highest BCUT2D eigenvalue weighted by Gasteiger charge is 1.95. The van der Waals surface area contributed by atoms with Crippen molar-refractivity contribution in [1.82, 2.24) is 0 Å². The molecule has 0 heterocycles. The summed E-state index contributed by atoms with van der Waals surface area (Å²) in [6.07, 6.45) is 53.4. The van der Waals surface area contributed by atoms with E-state index in [2.05, 4.69) is 26.0 Å². The second-order valence-corrected chi connectivity index (χ2v) is 12.4. The second kappa shape index (κ2) is 37.3. The maximum Gasteiger partial charge on any atom is 0.0861 e. The summed E-state index contributed by atoms with van der Waals surface area (Å²) < 4.78 is 5.52. The van der Waals surface area contributed by atoms with E-state index in [9.17, 15) is 0 Å². The highest BCUT2D eigenvalue weighted by molar-refractivity contribution is 4.79. The van der Waals surface area contributed by atoms with Crippen LogP contribution in [0, 0.1) is 0 Å². The predicted octanol–water partition coefficient (Wildman–Crippen LogP) is 14.6. The zero-order valence-electron chi connectivity index (χ0n) is 27.3. The normalized spacial score (nSPS) is 11.8. The van der Waals surface area contributed by atoms with Crippen LogP contribution in [0.25, 0.3) is 0 Å². The van der Waals surface area contributed by atoms with Crippen LogP contribution in [0.1, 0.15) is 219 Å². The SMILES string of the molecule is CCCCCCCCCCCCCCCCCC=COC=CCCCCCCCCCCCCCCCCC. The Kier molecular flexibility index (Phi) is 36.6. The molecule has 0 aliphatic rings. The smallest absolute Gasteiger partial charge is 0.0861 e. The molecule has 0 atom stereocenters. The molecule has 0 N–H and O–H groups in total. The molecule has 0 aliphatic heterocycles. The van der Waals surface area contributed by atoms with Crippen LogP contribution in [0.4, 0.5) is 0 Å². The van der Waals surface area contributed by atoms with Crippen molar-refractivity contribution in [3.8, 4) is 0 Å². The summed E-state index contributed by atoms with van der Waals surface area (Å²) in [5.41, 5.74) is 0. The molecular weight excluding hydrogens is 472 g/mol. The average Bonchev–Trinajstić information content (AvgIpc) is 2.95. The van der Waals surface area contributed by atoms with Crippen molar-refractivity contribution >= 4 is 0 Å². The van der Waals surface area contributed by atoms with Crippen LogP contribution in [-0.4, -0.2) is 0 Å². The topological polar surface area (TPSA) is 9.23 Å². The molecule has 0 saturated heterocycles. The van der Waals surface area contributed by atoms with Crippen LogP contribution in [0.3, 0.4) is 0 Å². The van der Waals surface area contributed by atoms with E-state index in [0.29, 0.717) is 0 Å². The highest BCUT2D eigenvalue weighted by Crippen LogP contribution is 2.15. The third-order valence-corrected chi connectivity index (χ3v) is 8.30.